The summed E-state index contributed by atoms with van der Waals surface area (Å²) < 4.78 is 7.11. The first-order valence-electron chi connectivity index (χ1n) is 5.43. The Morgan fingerprint density at radius 2 is 2.28 bits per heavy atom. The lowest BCUT2D eigenvalue weighted by atomic mass is 10.0. The van der Waals surface area contributed by atoms with Crippen molar-refractivity contribution in [2.75, 3.05) is 7.11 Å². The molecular weight excluding hydrogens is 252 g/mol. The molecule has 18 heavy (non-hydrogen) atoms. The number of benzene rings is 1. The highest BCUT2D eigenvalue weighted by molar-refractivity contribution is 6.32. The van der Waals surface area contributed by atoms with E-state index in [9.17, 15) is 0 Å². The lowest BCUT2D eigenvalue weighted by Crippen LogP contribution is -2.30. The van der Waals surface area contributed by atoms with Gasteiger partial charge in [-0.05, 0) is 17.7 Å². The number of aryl methyl sites for hydroxylation is 1. The van der Waals surface area contributed by atoms with Crippen LogP contribution >= 0.6 is 11.6 Å². The van der Waals surface area contributed by atoms with E-state index < -0.39 is 0 Å². The van der Waals surface area contributed by atoms with Crippen LogP contribution in [-0.2, 0) is 7.05 Å². The fourth-order valence-corrected chi connectivity index (χ4v) is 2.05. The van der Waals surface area contributed by atoms with Gasteiger partial charge in [-0.2, -0.15) is 0 Å². The van der Waals surface area contributed by atoms with Gasteiger partial charge < -0.3 is 9.30 Å². The topological polar surface area (TPSA) is 65.1 Å². The number of hydrogen-bond donors (Lipinski definition) is 2. The summed E-state index contributed by atoms with van der Waals surface area (Å²) >= 11 is 6.01. The second-order valence-corrected chi connectivity index (χ2v) is 4.33. The molecule has 0 aliphatic carbocycles. The predicted molar refractivity (Wildman–Crippen MR) is 70.4 cm³/mol. The fourth-order valence-electron chi connectivity index (χ4n) is 1.85. The smallest absolute Gasteiger partial charge is 0.137 e. The number of imidazole rings is 1. The molecule has 96 valence electrons. The van der Waals surface area contributed by atoms with Crippen molar-refractivity contribution >= 4 is 11.6 Å². The molecule has 0 aliphatic rings. The number of methoxy groups -OCH3 is 1. The van der Waals surface area contributed by atoms with Gasteiger partial charge in [0.25, 0.3) is 0 Å². The molecule has 0 saturated carbocycles. The van der Waals surface area contributed by atoms with Gasteiger partial charge in [-0.3, -0.25) is 5.84 Å². The molecule has 5 nitrogen and oxygen atoms in total. The van der Waals surface area contributed by atoms with Crippen molar-refractivity contribution in [2.24, 2.45) is 12.9 Å². The highest BCUT2D eigenvalue weighted by Crippen LogP contribution is 2.29. The molecule has 1 heterocycles. The van der Waals surface area contributed by atoms with Gasteiger partial charge in [0.1, 0.15) is 5.75 Å². The van der Waals surface area contributed by atoms with E-state index >= 15 is 0 Å². The van der Waals surface area contributed by atoms with Gasteiger partial charge in [0.05, 0.1) is 36.4 Å². The molecule has 0 fully saturated rings. The van der Waals surface area contributed by atoms with Crippen LogP contribution in [0.5, 0.6) is 5.75 Å². The summed E-state index contributed by atoms with van der Waals surface area (Å²) in [7, 11) is 3.50. The first-order chi connectivity index (χ1) is 8.67. The van der Waals surface area contributed by atoms with E-state index in [1.165, 1.54) is 0 Å². The van der Waals surface area contributed by atoms with Crippen molar-refractivity contribution in [1.29, 1.82) is 0 Å². The Kier molecular flexibility index (Phi) is 3.86. The lowest BCUT2D eigenvalue weighted by molar-refractivity contribution is 0.413. The molecular formula is C12H15ClN4O. The molecule has 2 rings (SSSR count). The third kappa shape index (κ3) is 2.33. The molecule has 0 radical (unpaired) electrons. The van der Waals surface area contributed by atoms with Gasteiger partial charge in [0.15, 0.2) is 0 Å². The molecule has 0 bridgehead atoms. The molecule has 0 aliphatic heterocycles. The van der Waals surface area contributed by atoms with Gasteiger partial charge in [0.2, 0.25) is 0 Å². The zero-order chi connectivity index (χ0) is 13.1. The molecule has 6 heteroatoms. The summed E-state index contributed by atoms with van der Waals surface area (Å²) in [6.45, 7) is 0. The van der Waals surface area contributed by atoms with E-state index in [4.69, 9.17) is 22.2 Å². The standard InChI is InChI=1S/C12H15ClN4O/c1-17-7-15-6-10(17)12(16-14)8-3-4-9(13)11(5-8)18-2/h3-7,12,16H,14H2,1-2H3. The summed E-state index contributed by atoms with van der Waals surface area (Å²) in [4.78, 5) is 4.09. The second-order valence-electron chi connectivity index (χ2n) is 3.92. The number of nitrogens with two attached hydrogens (primary N) is 1. The molecule has 2 aromatic rings. The van der Waals surface area contributed by atoms with Gasteiger partial charge in [0, 0.05) is 7.05 Å². The second kappa shape index (κ2) is 5.39. The van der Waals surface area contributed by atoms with Crippen LogP contribution < -0.4 is 16.0 Å². The predicted octanol–water partition coefficient (Wildman–Crippen LogP) is 1.63. The van der Waals surface area contributed by atoms with Crippen molar-refractivity contribution in [1.82, 2.24) is 15.0 Å². The minimum absolute atomic E-state index is 0.163. The van der Waals surface area contributed by atoms with Crippen molar-refractivity contribution in [3.05, 3.63) is 47.0 Å². The molecule has 1 aromatic carbocycles. The molecule has 1 atom stereocenters. The summed E-state index contributed by atoms with van der Waals surface area (Å²) in [5.74, 6) is 6.25. The average molecular weight is 267 g/mol. The van der Waals surface area contributed by atoms with E-state index in [0.717, 1.165) is 11.3 Å². The SMILES string of the molecule is COc1cc(C(NN)c2cncn2C)ccc1Cl. The van der Waals surface area contributed by atoms with E-state index in [1.807, 2.05) is 23.7 Å². The number of aromatic nitrogens is 2. The normalized spacial score (nSPS) is 12.4. The quantitative estimate of drug-likeness (QED) is 0.652. The summed E-state index contributed by atoms with van der Waals surface area (Å²) in [5.41, 5.74) is 4.69. The Balaban J connectivity index is 2.42. The molecule has 0 spiro atoms. The maximum absolute atomic E-state index is 6.01. The van der Waals surface area contributed by atoms with E-state index in [-0.39, 0.29) is 6.04 Å². The maximum atomic E-state index is 6.01. The largest absolute Gasteiger partial charge is 0.495 e. The number of nitrogens with one attached hydrogen (secondary N) is 1. The highest BCUT2D eigenvalue weighted by Gasteiger charge is 2.17. The third-order valence-electron chi connectivity index (χ3n) is 2.82. The van der Waals surface area contributed by atoms with Crippen LogP contribution in [-0.4, -0.2) is 16.7 Å². The van der Waals surface area contributed by atoms with Gasteiger partial charge >= 0.3 is 0 Å². The van der Waals surface area contributed by atoms with E-state index in [0.29, 0.717) is 10.8 Å². The molecule has 3 N–H and O–H groups in total. The van der Waals surface area contributed by atoms with Gasteiger partial charge in [-0.15, -0.1) is 0 Å². The van der Waals surface area contributed by atoms with Crippen molar-refractivity contribution in [2.45, 2.75) is 6.04 Å². The number of ether oxygens (including phenoxy) is 1. The number of hydrazine groups is 1. The Labute approximate surface area is 110 Å². The Hall–Kier alpha value is -1.56. The Morgan fingerprint density at radius 3 is 2.83 bits per heavy atom. The van der Waals surface area contributed by atoms with Crippen LogP contribution in [0, 0.1) is 0 Å². The molecule has 1 aromatic heterocycles. The van der Waals surface area contributed by atoms with Crippen LogP contribution in [0.1, 0.15) is 17.3 Å². The Bertz CT molecular complexity index is 541. The van der Waals surface area contributed by atoms with Gasteiger partial charge in [-0.1, -0.05) is 17.7 Å². The third-order valence-corrected chi connectivity index (χ3v) is 3.14. The zero-order valence-electron chi connectivity index (χ0n) is 10.2. The first kappa shape index (κ1) is 12.9. The van der Waals surface area contributed by atoms with E-state index in [1.54, 1.807) is 25.7 Å². The number of nitrogens with zero attached hydrogens (tertiary/aromatic N) is 2. The Morgan fingerprint density at radius 1 is 1.50 bits per heavy atom. The van der Waals surface area contributed by atoms with Crippen LogP contribution in [0.3, 0.4) is 0 Å². The molecule has 0 saturated heterocycles. The van der Waals surface area contributed by atoms with Crippen molar-refractivity contribution in [3.8, 4) is 5.75 Å². The van der Waals surface area contributed by atoms with Crippen molar-refractivity contribution < 1.29 is 4.74 Å². The van der Waals surface area contributed by atoms with Crippen molar-refractivity contribution in [3.63, 3.8) is 0 Å². The summed E-state index contributed by atoms with van der Waals surface area (Å²) in [6, 6.07) is 5.39. The average Bonchev–Trinajstić information content (AvgIpc) is 2.79. The number of halogens is 1. The first-order valence-corrected chi connectivity index (χ1v) is 5.81. The van der Waals surface area contributed by atoms with Crippen LogP contribution in [0.15, 0.2) is 30.7 Å². The lowest BCUT2D eigenvalue weighted by Gasteiger charge is -2.18. The van der Waals surface area contributed by atoms with Gasteiger partial charge in [-0.25, -0.2) is 10.4 Å². The maximum Gasteiger partial charge on any atom is 0.137 e. The minimum Gasteiger partial charge on any atom is -0.495 e. The minimum atomic E-state index is -0.163. The molecule has 0 amide bonds. The molecule has 1 unspecified atom stereocenters. The fraction of sp³-hybridized carbons (Fsp3) is 0.250. The van der Waals surface area contributed by atoms with E-state index in [2.05, 4.69) is 10.4 Å². The van der Waals surface area contributed by atoms with Crippen LogP contribution in [0.4, 0.5) is 0 Å². The monoisotopic (exact) mass is 266 g/mol. The zero-order valence-corrected chi connectivity index (χ0v) is 11.0. The van der Waals surface area contributed by atoms with Crippen LogP contribution in [0.2, 0.25) is 5.02 Å². The van der Waals surface area contributed by atoms with Crippen LogP contribution in [0.25, 0.3) is 0 Å². The summed E-state index contributed by atoms with van der Waals surface area (Å²) in [5, 5.41) is 0.571. The number of hydrogen-bond acceptors (Lipinski definition) is 4. The summed E-state index contributed by atoms with van der Waals surface area (Å²) in [6.07, 6.45) is 3.50. The number of rotatable bonds is 4. The highest BCUT2D eigenvalue weighted by atomic mass is 35.5.